The van der Waals surface area contributed by atoms with Gasteiger partial charge >= 0.3 is 11.9 Å². The molecule has 1 saturated heterocycles. The van der Waals surface area contributed by atoms with E-state index in [0.29, 0.717) is 17.1 Å². The van der Waals surface area contributed by atoms with Gasteiger partial charge in [0.05, 0.1) is 15.5 Å². The molecule has 8 nitrogen and oxygen atoms in total. The van der Waals surface area contributed by atoms with Crippen LogP contribution in [0.4, 0.5) is 4.79 Å². The van der Waals surface area contributed by atoms with Gasteiger partial charge in [-0.2, -0.15) is 0 Å². The maximum Gasteiger partial charge on any atom is 0.337 e. The zero-order valence-corrected chi connectivity index (χ0v) is 16.3. The normalized spacial score (nSPS) is 15.3. The standard InChI is InChI=1S/C19H14ClNO7S/c20-13-5-3-10(8-12(13)18(25)26)14-6-4-11(28-14)9-15-17(24)21(19(27)29-15)7-1-2-16(22)23/h3-6,8-9H,1-2,7H2,(H,22,23)(H,25,26). The minimum absolute atomic E-state index is 0.0282. The highest BCUT2D eigenvalue weighted by Crippen LogP contribution is 2.34. The van der Waals surface area contributed by atoms with Crippen LogP contribution in [-0.2, 0) is 9.59 Å². The monoisotopic (exact) mass is 435 g/mol. The third-order valence-electron chi connectivity index (χ3n) is 4.03. The Bertz CT molecular complexity index is 1040. The first-order valence-corrected chi connectivity index (χ1v) is 9.56. The highest BCUT2D eigenvalue weighted by molar-refractivity contribution is 8.18. The summed E-state index contributed by atoms with van der Waals surface area (Å²) in [5.41, 5.74) is 0.429. The topological polar surface area (TPSA) is 125 Å². The van der Waals surface area contributed by atoms with Gasteiger partial charge in [0.15, 0.2) is 0 Å². The highest BCUT2D eigenvalue weighted by Gasteiger charge is 2.34. The molecule has 1 aliphatic heterocycles. The molecule has 1 aromatic heterocycles. The number of hydrogen-bond donors (Lipinski definition) is 2. The lowest BCUT2D eigenvalue weighted by molar-refractivity contribution is -0.137. The quantitative estimate of drug-likeness (QED) is 0.620. The van der Waals surface area contributed by atoms with Gasteiger partial charge in [0, 0.05) is 24.6 Å². The second-order valence-corrected chi connectivity index (χ2v) is 7.43. The van der Waals surface area contributed by atoms with Crippen molar-refractivity contribution in [2.24, 2.45) is 0 Å². The van der Waals surface area contributed by atoms with Gasteiger partial charge in [-0.25, -0.2) is 4.79 Å². The molecule has 3 rings (SSSR count). The first-order chi connectivity index (χ1) is 13.8. The van der Waals surface area contributed by atoms with Crippen LogP contribution >= 0.6 is 23.4 Å². The molecule has 0 aliphatic carbocycles. The average molecular weight is 436 g/mol. The molecule has 1 fully saturated rings. The Morgan fingerprint density at radius 2 is 1.93 bits per heavy atom. The van der Waals surface area contributed by atoms with Crippen molar-refractivity contribution < 1.29 is 33.8 Å². The summed E-state index contributed by atoms with van der Waals surface area (Å²) in [6.45, 7) is 0.0282. The van der Waals surface area contributed by atoms with E-state index in [-0.39, 0.29) is 34.9 Å². The van der Waals surface area contributed by atoms with Gasteiger partial charge in [-0.3, -0.25) is 19.3 Å². The van der Waals surface area contributed by atoms with E-state index in [1.165, 1.54) is 18.2 Å². The number of imide groups is 1. The maximum atomic E-state index is 12.4. The zero-order chi connectivity index (χ0) is 21.1. The summed E-state index contributed by atoms with van der Waals surface area (Å²) in [5, 5.41) is 17.5. The van der Waals surface area contributed by atoms with Gasteiger partial charge in [-0.05, 0) is 48.5 Å². The minimum Gasteiger partial charge on any atom is -0.481 e. The summed E-state index contributed by atoms with van der Waals surface area (Å²) < 4.78 is 5.65. The van der Waals surface area contributed by atoms with Crippen LogP contribution in [0.1, 0.15) is 29.0 Å². The van der Waals surface area contributed by atoms with Crippen molar-refractivity contribution in [1.29, 1.82) is 0 Å². The van der Waals surface area contributed by atoms with Crippen molar-refractivity contribution in [3.63, 3.8) is 0 Å². The van der Waals surface area contributed by atoms with Crippen LogP contribution in [0.3, 0.4) is 0 Å². The molecule has 0 atom stereocenters. The van der Waals surface area contributed by atoms with E-state index in [1.807, 2.05) is 0 Å². The van der Waals surface area contributed by atoms with Crippen molar-refractivity contribution in [1.82, 2.24) is 4.90 Å². The fourth-order valence-electron chi connectivity index (χ4n) is 2.64. The van der Waals surface area contributed by atoms with Crippen LogP contribution in [0.2, 0.25) is 5.02 Å². The van der Waals surface area contributed by atoms with Crippen LogP contribution in [0.25, 0.3) is 17.4 Å². The number of carboxylic acid groups (broad SMARTS) is 2. The molecule has 2 aromatic rings. The van der Waals surface area contributed by atoms with Gasteiger partial charge in [0.2, 0.25) is 0 Å². The average Bonchev–Trinajstić information content (AvgIpc) is 3.22. The Kier molecular flexibility index (Phi) is 6.09. The lowest BCUT2D eigenvalue weighted by atomic mass is 10.1. The summed E-state index contributed by atoms with van der Waals surface area (Å²) in [5.74, 6) is -1.99. The van der Waals surface area contributed by atoms with E-state index >= 15 is 0 Å². The number of carbonyl (C=O) groups excluding carboxylic acids is 2. The number of aromatic carboxylic acids is 1. The Morgan fingerprint density at radius 1 is 1.17 bits per heavy atom. The first-order valence-electron chi connectivity index (χ1n) is 8.36. The van der Waals surface area contributed by atoms with E-state index in [0.717, 1.165) is 16.7 Å². The molecule has 0 bridgehead atoms. The molecule has 1 aliphatic rings. The molecule has 0 radical (unpaired) electrons. The van der Waals surface area contributed by atoms with Gasteiger partial charge < -0.3 is 14.6 Å². The fraction of sp³-hybridized carbons (Fsp3) is 0.158. The molecule has 0 saturated carbocycles. The summed E-state index contributed by atoms with van der Waals surface area (Å²) in [6.07, 6.45) is 1.45. The van der Waals surface area contributed by atoms with Gasteiger partial charge in [-0.1, -0.05) is 11.6 Å². The van der Waals surface area contributed by atoms with Crippen LogP contribution < -0.4 is 0 Å². The Balaban J connectivity index is 1.77. The second kappa shape index (κ2) is 8.54. The Labute approximate surface area is 173 Å². The van der Waals surface area contributed by atoms with Crippen LogP contribution in [-0.4, -0.2) is 44.7 Å². The SMILES string of the molecule is O=C(O)CCCN1C(=O)SC(=Cc2ccc(-c3ccc(Cl)c(C(=O)O)c3)o2)C1=O. The summed E-state index contributed by atoms with van der Waals surface area (Å²) in [4.78, 5) is 47.3. The van der Waals surface area contributed by atoms with Gasteiger partial charge in [0.25, 0.3) is 11.1 Å². The number of amides is 2. The summed E-state index contributed by atoms with van der Waals surface area (Å²) >= 11 is 6.61. The molecule has 0 unspecified atom stereocenters. The number of rotatable bonds is 7. The lowest BCUT2D eigenvalue weighted by Gasteiger charge is -2.10. The third kappa shape index (κ3) is 4.69. The van der Waals surface area contributed by atoms with E-state index in [9.17, 15) is 19.2 Å². The number of carboxylic acids is 2. The number of nitrogens with zero attached hydrogens (tertiary/aromatic N) is 1. The van der Waals surface area contributed by atoms with Gasteiger partial charge in [-0.15, -0.1) is 0 Å². The zero-order valence-electron chi connectivity index (χ0n) is 14.8. The largest absolute Gasteiger partial charge is 0.481 e. The molecule has 2 heterocycles. The molecule has 29 heavy (non-hydrogen) atoms. The number of furan rings is 1. The third-order valence-corrected chi connectivity index (χ3v) is 5.26. The number of halogens is 1. The van der Waals surface area contributed by atoms with Gasteiger partial charge in [0.1, 0.15) is 11.5 Å². The van der Waals surface area contributed by atoms with Crippen molar-refractivity contribution in [3.8, 4) is 11.3 Å². The van der Waals surface area contributed by atoms with Crippen LogP contribution in [0, 0.1) is 0 Å². The number of benzene rings is 1. The van der Waals surface area contributed by atoms with E-state index in [4.69, 9.17) is 26.2 Å². The van der Waals surface area contributed by atoms with E-state index in [1.54, 1.807) is 18.2 Å². The second-order valence-electron chi connectivity index (χ2n) is 6.03. The lowest BCUT2D eigenvalue weighted by Crippen LogP contribution is -2.29. The molecule has 2 amide bonds. The van der Waals surface area contributed by atoms with Crippen molar-refractivity contribution >= 4 is 52.5 Å². The smallest absolute Gasteiger partial charge is 0.337 e. The van der Waals surface area contributed by atoms with Crippen LogP contribution in [0.15, 0.2) is 39.7 Å². The van der Waals surface area contributed by atoms with Crippen molar-refractivity contribution in [3.05, 3.63) is 51.6 Å². The number of aliphatic carboxylic acids is 1. The van der Waals surface area contributed by atoms with Crippen molar-refractivity contribution in [2.45, 2.75) is 12.8 Å². The molecular formula is C19H14ClNO7S. The highest BCUT2D eigenvalue weighted by atomic mass is 35.5. The van der Waals surface area contributed by atoms with Crippen LogP contribution in [0.5, 0.6) is 0 Å². The minimum atomic E-state index is -1.17. The maximum absolute atomic E-state index is 12.4. The summed E-state index contributed by atoms with van der Waals surface area (Å²) in [6, 6.07) is 7.63. The summed E-state index contributed by atoms with van der Waals surface area (Å²) in [7, 11) is 0. The first kappa shape index (κ1) is 20.7. The molecule has 0 spiro atoms. The fourth-order valence-corrected chi connectivity index (χ4v) is 3.68. The Hall–Kier alpha value is -3.04. The van der Waals surface area contributed by atoms with E-state index in [2.05, 4.69) is 0 Å². The number of thioether (sulfide) groups is 1. The molecule has 10 heteroatoms. The number of carbonyl (C=O) groups is 4. The number of hydrogen-bond acceptors (Lipinski definition) is 6. The molecule has 150 valence electrons. The van der Waals surface area contributed by atoms with E-state index < -0.39 is 23.1 Å². The predicted octanol–water partition coefficient (Wildman–Crippen LogP) is 4.20. The Morgan fingerprint density at radius 3 is 2.62 bits per heavy atom. The van der Waals surface area contributed by atoms with Crippen molar-refractivity contribution in [2.75, 3.05) is 6.54 Å². The molecule has 1 aromatic carbocycles. The molecule has 2 N–H and O–H groups in total. The molecular weight excluding hydrogens is 422 g/mol. The predicted molar refractivity (Wildman–Crippen MR) is 106 cm³/mol.